The van der Waals surface area contributed by atoms with E-state index in [1.807, 2.05) is 65.4 Å². The van der Waals surface area contributed by atoms with Crippen molar-refractivity contribution < 1.29 is 9.84 Å². The van der Waals surface area contributed by atoms with Crippen LogP contribution in [0.5, 0.6) is 5.75 Å². The summed E-state index contributed by atoms with van der Waals surface area (Å²) >= 11 is 3.56. The molecule has 0 fully saturated rings. The molecule has 1 aliphatic rings. The highest BCUT2D eigenvalue weighted by Gasteiger charge is 2.28. The molecule has 0 saturated carbocycles. The predicted molar refractivity (Wildman–Crippen MR) is 147 cm³/mol. The molecule has 2 N–H and O–H groups in total. The van der Waals surface area contributed by atoms with E-state index in [9.17, 15) is 9.90 Å². The van der Waals surface area contributed by atoms with Gasteiger partial charge in [0.05, 0.1) is 22.1 Å². The summed E-state index contributed by atoms with van der Waals surface area (Å²) in [6, 6.07) is 18.9. The van der Waals surface area contributed by atoms with E-state index in [-0.39, 0.29) is 12.0 Å². The topological polar surface area (TPSA) is 106 Å². The minimum absolute atomic E-state index is 0.101. The monoisotopic (exact) mass is 565 g/mol. The number of hydrogen-bond acceptors (Lipinski definition) is 6. The van der Waals surface area contributed by atoms with Crippen molar-refractivity contribution in [2.45, 2.75) is 19.1 Å². The summed E-state index contributed by atoms with van der Waals surface area (Å²) in [5.41, 5.74) is 6.76. The molecule has 1 unspecified atom stereocenters. The largest absolute Gasteiger partial charge is 0.489 e. The Balaban J connectivity index is 1.40. The number of benzene rings is 3. The van der Waals surface area contributed by atoms with Crippen LogP contribution in [0, 0.1) is 0 Å². The summed E-state index contributed by atoms with van der Waals surface area (Å²) < 4.78 is 9.08. The number of fused-ring (bicyclic) bond motifs is 3. The van der Waals surface area contributed by atoms with Gasteiger partial charge in [-0.1, -0.05) is 45.4 Å². The number of hydrogen-bond donors (Lipinski definition) is 2. The quantitative estimate of drug-likeness (QED) is 0.305. The molecule has 0 spiro atoms. The van der Waals surface area contributed by atoms with Crippen LogP contribution in [0.1, 0.15) is 33.9 Å². The molecule has 7 rings (SSSR count). The minimum Gasteiger partial charge on any atom is -0.489 e. The zero-order chi connectivity index (χ0) is 25.8. The number of pyridine rings is 2. The summed E-state index contributed by atoms with van der Waals surface area (Å²) in [7, 11) is 0. The number of halogens is 1. The van der Waals surface area contributed by atoms with Crippen molar-refractivity contribution in [1.82, 2.24) is 25.0 Å². The maximum atomic E-state index is 13.8. The molecule has 186 valence electrons. The number of nitrogens with one attached hydrogen (secondary N) is 1. The van der Waals surface area contributed by atoms with Crippen molar-refractivity contribution >= 4 is 37.9 Å². The zero-order valence-electron chi connectivity index (χ0n) is 19.9. The highest BCUT2D eigenvalue weighted by atomic mass is 79.9. The molecule has 0 saturated heterocycles. The Hall–Kier alpha value is -4.34. The number of ether oxygens (including phenoxy) is 1. The SMILES string of the molecule is O=c1c(Cc2cccnc2)cn2c3c(cc(OCc4cccc5[nH]nnc45)cc13)C(O)c1ccc(Br)cc1-2. The molecule has 8 nitrogen and oxygen atoms in total. The smallest absolute Gasteiger partial charge is 0.193 e. The van der Waals surface area contributed by atoms with Gasteiger partial charge in [0.1, 0.15) is 24.0 Å². The molecule has 3 aromatic carbocycles. The first-order valence-corrected chi connectivity index (χ1v) is 12.9. The second-order valence-corrected chi connectivity index (χ2v) is 10.2. The van der Waals surface area contributed by atoms with Crippen LogP contribution in [0.25, 0.3) is 27.6 Å². The Morgan fingerprint density at radius 1 is 1.05 bits per heavy atom. The van der Waals surface area contributed by atoms with Crippen molar-refractivity contribution in [3.8, 4) is 11.4 Å². The van der Waals surface area contributed by atoms with Crippen LogP contribution in [0.3, 0.4) is 0 Å². The van der Waals surface area contributed by atoms with E-state index in [4.69, 9.17) is 4.74 Å². The van der Waals surface area contributed by atoms with Gasteiger partial charge in [-0.05, 0) is 42.0 Å². The fourth-order valence-electron chi connectivity index (χ4n) is 5.18. The zero-order valence-corrected chi connectivity index (χ0v) is 21.5. The highest BCUT2D eigenvalue weighted by Crippen LogP contribution is 2.41. The Labute approximate surface area is 224 Å². The number of rotatable bonds is 5. The van der Waals surface area contributed by atoms with Gasteiger partial charge in [-0.3, -0.25) is 14.9 Å². The molecular weight excluding hydrogens is 546 g/mol. The maximum absolute atomic E-state index is 13.8. The second kappa shape index (κ2) is 8.90. The van der Waals surface area contributed by atoms with Gasteiger partial charge >= 0.3 is 0 Å². The van der Waals surface area contributed by atoms with E-state index < -0.39 is 6.10 Å². The highest BCUT2D eigenvalue weighted by molar-refractivity contribution is 9.10. The van der Waals surface area contributed by atoms with E-state index in [1.54, 1.807) is 18.5 Å². The molecule has 38 heavy (non-hydrogen) atoms. The van der Waals surface area contributed by atoms with Crippen LogP contribution >= 0.6 is 15.9 Å². The van der Waals surface area contributed by atoms with Crippen LogP contribution in [0.2, 0.25) is 0 Å². The Kier molecular flexibility index (Phi) is 5.34. The molecule has 4 heterocycles. The number of aliphatic hydroxyl groups is 1. The summed E-state index contributed by atoms with van der Waals surface area (Å²) in [6.45, 7) is 0.234. The fraction of sp³-hybridized carbons (Fsp3) is 0.103. The molecule has 3 aromatic heterocycles. The van der Waals surface area contributed by atoms with Gasteiger partial charge < -0.3 is 14.4 Å². The van der Waals surface area contributed by atoms with Crippen molar-refractivity contribution in [3.05, 3.63) is 122 Å². The number of H-pyrrole nitrogens is 1. The van der Waals surface area contributed by atoms with E-state index in [2.05, 4.69) is 36.3 Å². The summed E-state index contributed by atoms with van der Waals surface area (Å²) in [6.07, 6.45) is 4.88. The van der Waals surface area contributed by atoms with Gasteiger partial charge in [0.15, 0.2) is 5.43 Å². The van der Waals surface area contributed by atoms with E-state index in [0.717, 1.165) is 37.9 Å². The van der Waals surface area contributed by atoms with E-state index in [1.165, 1.54) is 0 Å². The molecule has 9 heteroatoms. The maximum Gasteiger partial charge on any atom is 0.193 e. The van der Waals surface area contributed by atoms with Crippen molar-refractivity contribution in [2.75, 3.05) is 0 Å². The molecule has 0 amide bonds. The van der Waals surface area contributed by atoms with E-state index in [0.29, 0.717) is 34.2 Å². The Morgan fingerprint density at radius 2 is 1.97 bits per heavy atom. The van der Waals surface area contributed by atoms with Gasteiger partial charge in [-0.15, -0.1) is 5.10 Å². The summed E-state index contributed by atoms with van der Waals surface area (Å²) in [5.74, 6) is 0.495. The molecule has 0 aliphatic carbocycles. The number of aromatic nitrogens is 5. The lowest BCUT2D eigenvalue weighted by Crippen LogP contribution is -2.21. The van der Waals surface area contributed by atoms with Crippen LogP contribution in [0.15, 0.2) is 88.5 Å². The van der Waals surface area contributed by atoms with Crippen molar-refractivity contribution in [1.29, 1.82) is 0 Å². The molecular formula is C29H20BrN5O3. The van der Waals surface area contributed by atoms with E-state index >= 15 is 0 Å². The second-order valence-electron chi connectivity index (χ2n) is 9.32. The first-order chi connectivity index (χ1) is 18.6. The van der Waals surface area contributed by atoms with Crippen LogP contribution in [0.4, 0.5) is 0 Å². The average molecular weight is 566 g/mol. The van der Waals surface area contributed by atoms with Crippen molar-refractivity contribution in [3.63, 3.8) is 0 Å². The lowest BCUT2D eigenvalue weighted by molar-refractivity contribution is 0.218. The lowest BCUT2D eigenvalue weighted by Gasteiger charge is -2.28. The van der Waals surface area contributed by atoms with Gasteiger partial charge in [-0.2, -0.15) is 0 Å². The fourth-order valence-corrected chi connectivity index (χ4v) is 5.53. The van der Waals surface area contributed by atoms with Gasteiger partial charge in [0, 0.05) is 51.7 Å². The lowest BCUT2D eigenvalue weighted by atomic mass is 9.91. The van der Waals surface area contributed by atoms with Crippen LogP contribution in [-0.4, -0.2) is 30.1 Å². The number of nitrogens with zero attached hydrogens (tertiary/aromatic N) is 4. The Morgan fingerprint density at radius 3 is 2.84 bits per heavy atom. The molecule has 0 bridgehead atoms. The van der Waals surface area contributed by atoms with Crippen LogP contribution in [-0.2, 0) is 13.0 Å². The summed E-state index contributed by atoms with van der Waals surface area (Å²) in [4.78, 5) is 18.0. The third kappa shape index (κ3) is 3.70. The predicted octanol–water partition coefficient (Wildman–Crippen LogP) is 4.98. The first kappa shape index (κ1) is 22.8. The van der Waals surface area contributed by atoms with Gasteiger partial charge in [0.25, 0.3) is 0 Å². The first-order valence-electron chi connectivity index (χ1n) is 12.1. The van der Waals surface area contributed by atoms with Crippen LogP contribution < -0.4 is 10.2 Å². The van der Waals surface area contributed by atoms with Gasteiger partial charge in [-0.25, -0.2) is 0 Å². The summed E-state index contributed by atoms with van der Waals surface area (Å²) in [5, 5.41) is 22.8. The van der Waals surface area contributed by atoms with Crippen molar-refractivity contribution in [2.24, 2.45) is 0 Å². The Bertz CT molecular complexity index is 1920. The standard InChI is InChI=1S/C29H20BrN5O3/c30-19-6-7-21-25(10-19)35-14-18(9-16-3-2-8-31-13-16)28(36)22-11-20(12-23(27(22)35)29(21)37)38-15-17-4-1-5-24-26(17)33-34-32-24/h1-8,10-14,29,37H,9,15H2,(H,32,33,34). The molecule has 6 aromatic rings. The number of aromatic amines is 1. The molecule has 1 aliphatic heterocycles. The average Bonchev–Trinajstić information content (AvgIpc) is 3.42. The third-order valence-electron chi connectivity index (χ3n) is 6.97. The minimum atomic E-state index is -0.910. The molecule has 1 atom stereocenters. The normalized spacial score (nSPS) is 14.1. The number of aliphatic hydroxyl groups excluding tert-OH is 1. The third-order valence-corrected chi connectivity index (χ3v) is 7.46. The molecule has 0 radical (unpaired) electrons. The van der Waals surface area contributed by atoms with Gasteiger partial charge in [0.2, 0.25) is 0 Å².